The lowest BCUT2D eigenvalue weighted by Gasteiger charge is -2.15. The molecule has 1 fully saturated rings. The third-order valence-corrected chi connectivity index (χ3v) is 6.82. The molecule has 1 aliphatic rings. The molecule has 1 heterocycles. The molecule has 33 heavy (non-hydrogen) atoms. The van der Waals surface area contributed by atoms with Crippen molar-refractivity contribution in [1.29, 1.82) is 0 Å². The molecule has 0 unspecified atom stereocenters. The Morgan fingerprint density at radius 3 is 2.45 bits per heavy atom. The van der Waals surface area contributed by atoms with E-state index in [0.717, 1.165) is 34.0 Å². The third-order valence-electron chi connectivity index (χ3n) is 5.79. The number of hydrogen-bond donors (Lipinski definition) is 1. The second kappa shape index (κ2) is 9.91. The molecule has 3 aromatic rings. The van der Waals surface area contributed by atoms with Crippen LogP contribution in [0, 0.1) is 13.8 Å². The van der Waals surface area contributed by atoms with Gasteiger partial charge < -0.3 is 10.1 Å². The number of rotatable bonds is 10. The van der Waals surface area contributed by atoms with Crippen molar-refractivity contribution in [3.8, 4) is 16.9 Å². The first-order valence-corrected chi connectivity index (χ1v) is 13.4. The Kier molecular flexibility index (Phi) is 6.98. The first-order valence-electron chi connectivity index (χ1n) is 11.4. The summed E-state index contributed by atoms with van der Waals surface area (Å²) in [7, 11) is -2.96. The van der Waals surface area contributed by atoms with Crippen LogP contribution in [0.25, 0.3) is 11.1 Å². The van der Waals surface area contributed by atoms with Gasteiger partial charge in [0.15, 0.2) is 0 Å². The highest BCUT2D eigenvalue weighted by Crippen LogP contribution is 2.38. The maximum atomic E-state index is 11.3. The highest BCUT2D eigenvalue weighted by molar-refractivity contribution is 7.90. The van der Waals surface area contributed by atoms with Crippen molar-refractivity contribution < 1.29 is 13.2 Å². The molecule has 1 saturated carbocycles. The van der Waals surface area contributed by atoms with Gasteiger partial charge in [-0.05, 0) is 79.1 Å². The molecule has 174 valence electrons. The van der Waals surface area contributed by atoms with Gasteiger partial charge in [-0.1, -0.05) is 18.2 Å². The van der Waals surface area contributed by atoms with E-state index in [-0.39, 0.29) is 5.75 Å². The molecule has 0 aliphatic heterocycles. The number of aryl methyl sites for hydroxylation is 2. The summed E-state index contributed by atoms with van der Waals surface area (Å²) in [4.78, 5) is 9.02. The second-order valence-electron chi connectivity index (χ2n) is 8.92. The maximum Gasteiger partial charge on any atom is 0.147 e. The second-order valence-corrected chi connectivity index (χ2v) is 11.2. The molecule has 1 N–H and O–H groups in total. The molecule has 6 nitrogen and oxygen atoms in total. The normalized spacial score (nSPS) is 13.7. The Hall–Kier alpha value is -2.93. The molecule has 0 atom stereocenters. The van der Waals surface area contributed by atoms with E-state index in [4.69, 9.17) is 4.74 Å². The highest BCUT2D eigenvalue weighted by Gasteiger charge is 2.25. The highest BCUT2D eigenvalue weighted by atomic mass is 32.2. The van der Waals surface area contributed by atoms with Gasteiger partial charge in [-0.3, -0.25) is 4.98 Å². The van der Waals surface area contributed by atoms with Crippen LogP contribution in [0.15, 0.2) is 48.8 Å². The van der Waals surface area contributed by atoms with Crippen LogP contribution < -0.4 is 10.1 Å². The molecular formula is C26H31N3O3S. The summed E-state index contributed by atoms with van der Waals surface area (Å²) in [5.41, 5.74) is 6.85. The summed E-state index contributed by atoms with van der Waals surface area (Å²) in [5, 5.41) is 3.37. The molecule has 0 radical (unpaired) electrons. The number of hydrogen-bond acceptors (Lipinski definition) is 6. The van der Waals surface area contributed by atoms with Gasteiger partial charge in [0.1, 0.15) is 21.4 Å². The Balaban J connectivity index is 1.41. The van der Waals surface area contributed by atoms with Gasteiger partial charge in [0.05, 0.1) is 30.4 Å². The van der Waals surface area contributed by atoms with Crippen molar-refractivity contribution >= 4 is 15.7 Å². The number of sulfone groups is 1. The Bertz CT molecular complexity index is 1200. The lowest BCUT2D eigenvalue weighted by atomic mass is 9.94. The Morgan fingerprint density at radius 2 is 1.82 bits per heavy atom. The van der Waals surface area contributed by atoms with Crippen LogP contribution in [0.3, 0.4) is 0 Å². The molecule has 1 aliphatic carbocycles. The number of ether oxygens (including phenoxy) is 1. The standard InChI is InChI=1S/C26H31N3O3S/c1-18-12-23(32-10-5-11-33(3,30)31)13-19(2)26(18)22-7-4-6-20(14-22)15-28-25-17-27-24(16-29-25)21-8-9-21/h4,6-7,12-14,16-17,21H,5,8-11,15H2,1-3H3,(H,28,29). The molecular weight excluding hydrogens is 434 g/mol. The predicted octanol–water partition coefficient (Wildman–Crippen LogP) is 5.06. The third kappa shape index (κ3) is 6.54. The van der Waals surface area contributed by atoms with Gasteiger partial charge in [0.25, 0.3) is 0 Å². The average molecular weight is 466 g/mol. The largest absolute Gasteiger partial charge is 0.494 e. The Morgan fingerprint density at radius 1 is 1.06 bits per heavy atom. The van der Waals surface area contributed by atoms with E-state index < -0.39 is 9.84 Å². The number of nitrogens with one attached hydrogen (secondary N) is 1. The lowest BCUT2D eigenvalue weighted by Crippen LogP contribution is -2.08. The fraction of sp³-hybridized carbons (Fsp3) is 0.385. The number of nitrogens with zero attached hydrogens (tertiary/aromatic N) is 2. The van der Waals surface area contributed by atoms with Crippen LogP contribution in [0.2, 0.25) is 0 Å². The minimum absolute atomic E-state index is 0.139. The van der Waals surface area contributed by atoms with E-state index in [1.807, 2.05) is 24.5 Å². The fourth-order valence-electron chi connectivity index (χ4n) is 4.02. The van der Waals surface area contributed by atoms with Gasteiger partial charge in [0.2, 0.25) is 0 Å². The van der Waals surface area contributed by atoms with Crippen molar-refractivity contribution in [1.82, 2.24) is 9.97 Å². The van der Waals surface area contributed by atoms with Crippen molar-refractivity contribution in [3.05, 3.63) is 71.2 Å². The molecule has 0 bridgehead atoms. The summed E-state index contributed by atoms with van der Waals surface area (Å²) in [6, 6.07) is 12.5. The minimum atomic E-state index is -2.96. The van der Waals surface area contributed by atoms with E-state index in [2.05, 4.69) is 53.4 Å². The number of benzene rings is 2. The zero-order valence-corrected chi connectivity index (χ0v) is 20.3. The smallest absolute Gasteiger partial charge is 0.147 e. The fourth-order valence-corrected chi connectivity index (χ4v) is 4.66. The molecule has 0 spiro atoms. The quantitative estimate of drug-likeness (QED) is 0.421. The minimum Gasteiger partial charge on any atom is -0.494 e. The molecule has 4 rings (SSSR count). The van der Waals surface area contributed by atoms with E-state index in [1.54, 1.807) is 0 Å². The first kappa shape index (κ1) is 23.2. The zero-order chi connectivity index (χ0) is 23.4. The molecule has 7 heteroatoms. The predicted molar refractivity (Wildman–Crippen MR) is 133 cm³/mol. The van der Waals surface area contributed by atoms with Crippen LogP contribution in [0.5, 0.6) is 5.75 Å². The van der Waals surface area contributed by atoms with E-state index in [9.17, 15) is 8.42 Å². The maximum absolute atomic E-state index is 11.3. The van der Waals surface area contributed by atoms with Gasteiger partial charge >= 0.3 is 0 Å². The monoisotopic (exact) mass is 465 g/mol. The molecule has 2 aromatic carbocycles. The zero-order valence-electron chi connectivity index (χ0n) is 19.5. The van der Waals surface area contributed by atoms with Gasteiger partial charge in [0, 0.05) is 18.7 Å². The van der Waals surface area contributed by atoms with E-state index in [1.165, 1.54) is 30.2 Å². The molecule has 1 aromatic heterocycles. The van der Waals surface area contributed by atoms with Crippen LogP contribution >= 0.6 is 0 Å². The van der Waals surface area contributed by atoms with Gasteiger partial charge in [-0.25, -0.2) is 13.4 Å². The van der Waals surface area contributed by atoms with E-state index >= 15 is 0 Å². The first-order chi connectivity index (χ1) is 15.8. The lowest BCUT2D eigenvalue weighted by molar-refractivity contribution is 0.317. The van der Waals surface area contributed by atoms with Crippen molar-refractivity contribution in [2.75, 3.05) is 23.9 Å². The summed E-state index contributed by atoms with van der Waals surface area (Å²) in [6.45, 7) is 5.21. The summed E-state index contributed by atoms with van der Waals surface area (Å²) in [6.07, 6.45) is 7.89. The Labute approximate surface area is 196 Å². The van der Waals surface area contributed by atoms with Crippen LogP contribution in [-0.4, -0.2) is 37.0 Å². The molecule has 0 amide bonds. The summed E-state index contributed by atoms with van der Waals surface area (Å²) in [5.74, 6) is 2.31. The SMILES string of the molecule is Cc1cc(OCCCS(C)(=O)=O)cc(C)c1-c1cccc(CNc2cnc(C3CC3)cn2)c1. The summed E-state index contributed by atoms with van der Waals surface area (Å²) < 4.78 is 28.4. The van der Waals surface area contributed by atoms with Crippen molar-refractivity contribution in [2.24, 2.45) is 0 Å². The number of aromatic nitrogens is 2. The molecule has 0 saturated heterocycles. The van der Waals surface area contributed by atoms with Gasteiger partial charge in [-0.15, -0.1) is 0 Å². The topological polar surface area (TPSA) is 81.2 Å². The van der Waals surface area contributed by atoms with Crippen molar-refractivity contribution in [2.45, 2.75) is 45.6 Å². The van der Waals surface area contributed by atoms with Crippen molar-refractivity contribution in [3.63, 3.8) is 0 Å². The van der Waals surface area contributed by atoms with Gasteiger partial charge in [-0.2, -0.15) is 0 Å². The van der Waals surface area contributed by atoms with Crippen LogP contribution in [0.4, 0.5) is 5.82 Å². The summed E-state index contributed by atoms with van der Waals surface area (Å²) >= 11 is 0. The van der Waals surface area contributed by atoms with Crippen LogP contribution in [0.1, 0.15) is 47.6 Å². The van der Waals surface area contributed by atoms with E-state index in [0.29, 0.717) is 25.5 Å². The van der Waals surface area contributed by atoms with Crippen LogP contribution in [-0.2, 0) is 16.4 Å². The average Bonchev–Trinajstić information content (AvgIpc) is 3.60. The number of anilines is 1.